The standard InChI is InChI=1S/C21H20N2O3/c1-13-19(16-10-6-7-11-17(16)22(13)2)20-14-8-4-5-9-15(14)21(25)23(20)12-18(24)26-3/h4-11,20H,12H2,1-3H3. The summed E-state index contributed by atoms with van der Waals surface area (Å²) < 4.78 is 6.96. The van der Waals surface area contributed by atoms with Crippen LogP contribution in [0.1, 0.15) is 33.2 Å². The zero-order chi connectivity index (χ0) is 18.4. The van der Waals surface area contributed by atoms with Crippen molar-refractivity contribution in [3.05, 3.63) is 70.9 Å². The molecule has 4 rings (SSSR count). The van der Waals surface area contributed by atoms with Crippen molar-refractivity contribution in [2.75, 3.05) is 13.7 Å². The number of rotatable bonds is 3. The van der Waals surface area contributed by atoms with Gasteiger partial charge in [0.1, 0.15) is 6.54 Å². The van der Waals surface area contributed by atoms with Crippen LogP contribution in [0, 0.1) is 6.92 Å². The van der Waals surface area contributed by atoms with Crippen molar-refractivity contribution in [3.63, 3.8) is 0 Å². The number of aryl methyl sites for hydroxylation is 1. The number of amides is 1. The van der Waals surface area contributed by atoms with Gasteiger partial charge in [-0.15, -0.1) is 0 Å². The molecular formula is C21H20N2O3. The molecule has 1 aromatic heterocycles. The lowest BCUT2D eigenvalue weighted by molar-refractivity contribution is -0.141. The Morgan fingerprint density at radius 1 is 1.12 bits per heavy atom. The summed E-state index contributed by atoms with van der Waals surface area (Å²) in [7, 11) is 3.36. The van der Waals surface area contributed by atoms with Crippen LogP contribution in [0.5, 0.6) is 0 Å². The second-order valence-electron chi connectivity index (χ2n) is 6.57. The molecule has 0 bridgehead atoms. The van der Waals surface area contributed by atoms with E-state index in [0.717, 1.165) is 27.7 Å². The average Bonchev–Trinajstić information content (AvgIpc) is 3.08. The number of fused-ring (bicyclic) bond motifs is 2. The summed E-state index contributed by atoms with van der Waals surface area (Å²) in [6, 6.07) is 15.4. The predicted molar refractivity (Wildman–Crippen MR) is 99.0 cm³/mol. The van der Waals surface area contributed by atoms with E-state index in [9.17, 15) is 9.59 Å². The summed E-state index contributed by atoms with van der Waals surface area (Å²) >= 11 is 0. The maximum atomic E-state index is 13.0. The molecular weight excluding hydrogens is 328 g/mol. The Morgan fingerprint density at radius 2 is 1.81 bits per heavy atom. The first kappa shape index (κ1) is 16.4. The number of carbonyl (C=O) groups is 2. The fourth-order valence-corrected chi connectivity index (χ4v) is 3.94. The van der Waals surface area contributed by atoms with Crippen molar-refractivity contribution >= 4 is 22.8 Å². The minimum Gasteiger partial charge on any atom is -0.468 e. The van der Waals surface area contributed by atoms with E-state index in [1.54, 1.807) is 4.90 Å². The highest BCUT2D eigenvalue weighted by Gasteiger charge is 2.40. The molecule has 1 aliphatic heterocycles. The quantitative estimate of drug-likeness (QED) is 0.683. The van der Waals surface area contributed by atoms with Crippen LogP contribution in [0.4, 0.5) is 0 Å². The smallest absolute Gasteiger partial charge is 0.325 e. The predicted octanol–water partition coefficient (Wildman–Crippen LogP) is 3.20. The number of methoxy groups -OCH3 is 1. The molecule has 132 valence electrons. The van der Waals surface area contributed by atoms with E-state index >= 15 is 0 Å². The van der Waals surface area contributed by atoms with Crippen LogP contribution in [0.25, 0.3) is 10.9 Å². The Kier molecular flexibility index (Phi) is 3.80. The van der Waals surface area contributed by atoms with Gasteiger partial charge in [0.05, 0.1) is 13.2 Å². The van der Waals surface area contributed by atoms with E-state index in [1.807, 2.05) is 43.4 Å². The average molecular weight is 348 g/mol. The number of hydrogen-bond acceptors (Lipinski definition) is 3. The summed E-state index contributed by atoms with van der Waals surface area (Å²) in [6.07, 6.45) is 0. The Morgan fingerprint density at radius 3 is 2.58 bits per heavy atom. The first-order valence-corrected chi connectivity index (χ1v) is 8.55. The number of benzene rings is 2. The fraction of sp³-hybridized carbons (Fsp3) is 0.238. The molecule has 2 heterocycles. The maximum Gasteiger partial charge on any atom is 0.325 e. The van der Waals surface area contributed by atoms with Gasteiger partial charge in [0, 0.05) is 34.8 Å². The molecule has 0 fully saturated rings. The van der Waals surface area contributed by atoms with Crippen LogP contribution in [0.3, 0.4) is 0 Å². The zero-order valence-electron chi connectivity index (χ0n) is 15.0. The van der Waals surface area contributed by atoms with E-state index in [4.69, 9.17) is 4.74 Å². The number of nitrogens with zero attached hydrogens (tertiary/aromatic N) is 2. The highest BCUT2D eigenvalue weighted by molar-refractivity contribution is 6.02. The van der Waals surface area contributed by atoms with Crippen molar-refractivity contribution < 1.29 is 14.3 Å². The van der Waals surface area contributed by atoms with Crippen LogP contribution >= 0.6 is 0 Å². The lowest BCUT2D eigenvalue weighted by atomic mass is 9.95. The second kappa shape index (κ2) is 6.02. The Bertz CT molecular complexity index is 1030. The van der Waals surface area contributed by atoms with E-state index in [0.29, 0.717) is 5.56 Å². The normalized spacial score (nSPS) is 16.2. The van der Waals surface area contributed by atoms with Gasteiger partial charge in [0.2, 0.25) is 0 Å². The van der Waals surface area contributed by atoms with Gasteiger partial charge in [0.15, 0.2) is 0 Å². The SMILES string of the molecule is COC(=O)CN1C(=O)c2ccccc2C1c1c(C)n(C)c2ccccc12. The maximum absolute atomic E-state index is 13.0. The first-order chi connectivity index (χ1) is 12.5. The van der Waals surface area contributed by atoms with Crippen molar-refractivity contribution in [1.82, 2.24) is 9.47 Å². The van der Waals surface area contributed by atoms with Gasteiger partial charge in [-0.25, -0.2) is 0 Å². The summed E-state index contributed by atoms with van der Waals surface area (Å²) in [4.78, 5) is 26.6. The third-order valence-electron chi connectivity index (χ3n) is 5.31. The van der Waals surface area contributed by atoms with E-state index in [1.165, 1.54) is 7.11 Å². The molecule has 0 saturated heterocycles. The Balaban J connectivity index is 1.97. The number of hydrogen-bond donors (Lipinski definition) is 0. The minimum absolute atomic E-state index is 0.0721. The lowest BCUT2D eigenvalue weighted by Crippen LogP contribution is -2.34. The third-order valence-corrected chi connectivity index (χ3v) is 5.31. The van der Waals surface area contributed by atoms with Crippen LogP contribution in [-0.4, -0.2) is 35.0 Å². The van der Waals surface area contributed by atoms with Crippen LogP contribution in [0.15, 0.2) is 48.5 Å². The minimum atomic E-state index is -0.422. The summed E-state index contributed by atoms with van der Waals surface area (Å²) in [5.74, 6) is -0.558. The number of esters is 1. The highest BCUT2D eigenvalue weighted by Crippen LogP contribution is 2.43. The third kappa shape index (κ3) is 2.24. The largest absolute Gasteiger partial charge is 0.468 e. The second-order valence-corrected chi connectivity index (χ2v) is 6.57. The van der Waals surface area contributed by atoms with Crippen LogP contribution < -0.4 is 0 Å². The summed E-state index contributed by atoms with van der Waals surface area (Å²) in [6.45, 7) is 1.98. The lowest BCUT2D eigenvalue weighted by Gasteiger charge is -2.25. The van der Waals surface area contributed by atoms with Gasteiger partial charge < -0.3 is 14.2 Å². The molecule has 3 aromatic rings. The van der Waals surface area contributed by atoms with Gasteiger partial charge in [-0.05, 0) is 24.6 Å². The molecule has 1 amide bonds. The van der Waals surface area contributed by atoms with Gasteiger partial charge in [0.25, 0.3) is 5.91 Å². The topological polar surface area (TPSA) is 51.5 Å². The Labute approximate surface area is 151 Å². The van der Waals surface area contributed by atoms with Gasteiger partial charge in [-0.3, -0.25) is 9.59 Å². The van der Waals surface area contributed by atoms with Gasteiger partial charge in [-0.2, -0.15) is 0 Å². The number of ether oxygens (including phenoxy) is 1. The van der Waals surface area contributed by atoms with E-state index < -0.39 is 5.97 Å². The molecule has 0 radical (unpaired) electrons. The molecule has 5 nitrogen and oxygen atoms in total. The number of para-hydroxylation sites is 1. The van der Waals surface area contributed by atoms with Crippen LogP contribution in [0.2, 0.25) is 0 Å². The molecule has 0 N–H and O–H groups in total. The fourth-order valence-electron chi connectivity index (χ4n) is 3.94. The monoisotopic (exact) mass is 348 g/mol. The summed E-state index contributed by atoms with van der Waals surface area (Å²) in [5, 5.41) is 1.09. The first-order valence-electron chi connectivity index (χ1n) is 8.55. The molecule has 2 aromatic carbocycles. The van der Waals surface area contributed by atoms with Gasteiger partial charge in [-0.1, -0.05) is 36.4 Å². The molecule has 0 saturated carbocycles. The van der Waals surface area contributed by atoms with E-state index in [2.05, 4.69) is 23.6 Å². The molecule has 26 heavy (non-hydrogen) atoms. The van der Waals surface area contributed by atoms with Crippen molar-refractivity contribution in [1.29, 1.82) is 0 Å². The zero-order valence-corrected chi connectivity index (χ0v) is 15.0. The molecule has 1 unspecified atom stereocenters. The molecule has 0 aliphatic carbocycles. The molecule has 1 aliphatic rings. The van der Waals surface area contributed by atoms with E-state index in [-0.39, 0.29) is 18.5 Å². The summed E-state index contributed by atoms with van der Waals surface area (Å²) in [5.41, 5.74) is 4.82. The molecule has 0 spiro atoms. The molecule has 1 atom stereocenters. The molecule has 5 heteroatoms. The van der Waals surface area contributed by atoms with Crippen LogP contribution in [-0.2, 0) is 16.6 Å². The number of aromatic nitrogens is 1. The Hall–Kier alpha value is -3.08. The van der Waals surface area contributed by atoms with Gasteiger partial charge >= 0.3 is 5.97 Å². The van der Waals surface area contributed by atoms with Crippen molar-refractivity contribution in [2.45, 2.75) is 13.0 Å². The highest BCUT2D eigenvalue weighted by atomic mass is 16.5. The van der Waals surface area contributed by atoms with Crippen molar-refractivity contribution in [2.24, 2.45) is 7.05 Å². The van der Waals surface area contributed by atoms with Crippen molar-refractivity contribution in [3.8, 4) is 0 Å². The number of carbonyl (C=O) groups excluding carboxylic acids is 2.